The van der Waals surface area contributed by atoms with E-state index < -0.39 is 17.0 Å². The third-order valence-corrected chi connectivity index (χ3v) is 2.19. The van der Waals surface area contributed by atoms with Crippen LogP contribution in [0.4, 0.5) is 0 Å². The number of ether oxygens (including phenoxy) is 1. The molecule has 1 aromatic rings. The van der Waals surface area contributed by atoms with Gasteiger partial charge in [0.1, 0.15) is 0 Å². The van der Waals surface area contributed by atoms with Crippen molar-refractivity contribution in [3.05, 3.63) is 29.8 Å². The van der Waals surface area contributed by atoms with Gasteiger partial charge in [-0.3, -0.25) is 4.21 Å². The third kappa shape index (κ3) is 3.24. The molecule has 0 saturated heterocycles. The molecule has 14 heavy (non-hydrogen) atoms. The topological polar surface area (TPSA) is 66.4 Å². The molecular formula is C8H7O4SY-. The minimum Gasteiger partial charge on any atom is -0.768 e. The van der Waals surface area contributed by atoms with E-state index in [0.29, 0.717) is 0 Å². The van der Waals surface area contributed by atoms with Gasteiger partial charge in [0.25, 0.3) is 0 Å². The van der Waals surface area contributed by atoms with E-state index in [1.54, 1.807) is 6.07 Å². The fraction of sp³-hybridized carbons (Fsp3) is 0.125. The standard InChI is InChI=1S/C8H8O4S.Y/c1-12-8(9)6-4-2-3-5-7(6)13(10)11;/h2-5H,1H3,(H,10,11);/p-1. The van der Waals surface area contributed by atoms with Crippen molar-refractivity contribution in [3.8, 4) is 0 Å². The minimum absolute atomic E-state index is 0. The number of carbonyl (C=O) groups excluding carboxylic acids is 1. The SMILES string of the molecule is COC(=O)c1ccccc1S(=O)[O-].[Y]. The van der Waals surface area contributed by atoms with Crippen LogP contribution in [0.3, 0.4) is 0 Å². The van der Waals surface area contributed by atoms with E-state index in [1.165, 1.54) is 25.3 Å². The Bertz CT molecular complexity index is 353. The van der Waals surface area contributed by atoms with Crippen LogP contribution in [0.1, 0.15) is 10.4 Å². The quantitative estimate of drug-likeness (QED) is 0.594. The summed E-state index contributed by atoms with van der Waals surface area (Å²) < 4.78 is 25.7. The van der Waals surface area contributed by atoms with Crippen LogP contribution in [-0.4, -0.2) is 21.8 Å². The fourth-order valence-corrected chi connectivity index (χ4v) is 1.41. The summed E-state index contributed by atoms with van der Waals surface area (Å²) in [5.41, 5.74) is 0.0540. The molecule has 1 atom stereocenters. The summed E-state index contributed by atoms with van der Waals surface area (Å²) in [6, 6.07) is 5.85. The van der Waals surface area contributed by atoms with Crippen molar-refractivity contribution in [2.24, 2.45) is 0 Å². The van der Waals surface area contributed by atoms with Gasteiger partial charge in [-0.05, 0) is 23.2 Å². The molecule has 0 fully saturated rings. The summed E-state index contributed by atoms with van der Waals surface area (Å²) in [5, 5.41) is 0. The molecule has 0 heterocycles. The normalized spacial score (nSPS) is 11.3. The summed E-state index contributed by atoms with van der Waals surface area (Å²) in [4.78, 5) is 11.0. The molecule has 73 valence electrons. The third-order valence-electron chi connectivity index (χ3n) is 1.47. The van der Waals surface area contributed by atoms with Gasteiger partial charge in [-0.1, -0.05) is 12.1 Å². The Labute approximate surface area is 109 Å². The van der Waals surface area contributed by atoms with E-state index in [-0.39, 0.29) is 43.2 Å². The van der Waals surface area contributed by atoms with E-state index in [0.717, 1.165) is 0 Å². The number of methoxy groups -OCH3 is 1. The molecule has 1 unspecified atom stereocenters. The summed E-state index contributed by atoms with van der Waals surface area (Å²) >= 11 is -2.41. The second-order valence-corrected chi connectivity index (χ2v) is 3.13. The predicted octanol–water partition coefficient (Wildman–Crippen LogP) is 0.709. The Hall–Kier alpha value is -0.0961. The molecular weight excluding hydrogens is 281 g/mol. The molecule has 0 spiro atoms. The van der Waals surface area contributed by atoms with Gasteiger partial charge in [0.15, 0.2) is 0 Å². The molecule has 0 aromatic heterocycles. The summed E-state index contributed by atoms with van der Waals surface area (Å²) in [6.45, 7) is 0. The number of rotatable bonds is 2. The summed E-state index contributed by atoms with van der Waals surface area (Å²) in [7, 11) is 1.20. The molecule has 4 nitrogen and oxygen atoms in total. The van der Waals surface area contributed by atoms with Crippen LogP contribution in [0.2, 0.25) is 0 Å². The average Bonchev–Trinajstić information content (AvgIpc) is 2.16. The van der Waals surface area contributed by atoms with Gasteiger partial charge in [0.05, 0.1) is 12.7 Å². The molecule has 0 aliphatic heterocycles. The Balaban J connectivity index is 0.00000169. The van der Waals surface area contributed by atoms with E-state index >= 15 is 0 Å². The van der Waals surface area contributed by atoms with Gasteiger partial charge in [-0.2, -0.15) is 0 Å². The number of hydrogen-bond donors (Lipinski definition) is 0. The van der Waals surface area contributed by atoms with Gasteiger partial charge in [0.2, 0.25) is 0 Å². The van der Waals surface area contributed by atoms with Gasteiger partial charge in [-0.15, -0.1) is 0 Å². The van der Waals surface area contributed by atoms with Gasteiger partial charge in [-0.25, -0.2) is 4.79 Å². The van der Waals surface area contributed by atoms with Crippen LogP contribution in [0, 0.1) is 0 Å². The first kappa shape index (κ1) is 13.9. The van der Waals surface area contributed by atoms with E-state index in [1.807, 2.05) is 0 Å². The predicted molar refractivity (Wildman–Crippen MR) is 45.0 cm³/mol. The first-order chi connectivity index (χ1) is 6.16. The molecule has 0 N–H and O–H groups in total. The zero-order chi connectivity index (χ0) is 9.84. The van der Waals surface area contributed by atoms with Gasteiger partial charge >= 0.3 is 5.97 Å². The number of esters is 1. The maximum atomic E-state index is 11.0. The second-order valence-electron chi connectivity index (χ2n) is 2.22. The number of hydrogen-bond acceptors (Lipinski definition) is 4. The van der Waals surface area contributed by atoms with Crippen molar-refractivity contribution in [1.82, 2.24) is 0 Å². The van der Waals surface area contributed by atoms with Crippen LogP contribution in [0.15, 0.2) is 29.2 Å². The van der Waals surface area contributed by atoms with Crippen LogP contribution in [-0.2, 0) is 48.5 Å². The van der Waals surface area contributed by atoms with Crippen molar-refractivity contribution in [2.45, 2.75) is 4.90 Å². The molecule has 1 aromatic carbocycles. The Morgan fingerprint density at radius 3 is 2.50 bits per heavy atom. The number of carbonyl (C=O) groups is 1. The van der Waals surface area contributed by atoms with E-state index in [9.17, 15) is 13.6 Å². The fourth-order valence-electron chi connectivity index (χ4n) is 0.891. The maximum Gasteiger partial charge on any atom is 0.339 e. The van der Waals surface area contributed by atoms with Crippen molar-refractivity contribution in [2.75, 3.05) is 7.11 Å². The largest absolute Gasteiger partial charge is 0.768 e. The van der Waals surface area contributed by atoms with Crippen LogP contribution >= 0.6 is 0 Å². The van der Waals surface area contributed by atoms with Crippen molar-refractivity contribution in [3.63, 3.8) is 0 Å². The van der Waals surface area contributed by atoms with Crippen LogP contribution in [0.5, 0.6) is 0 Å². The molecule has 0 amide bonds. The van der Waals surface area contributed by atoms with Crippen molar-refractivity contribution in [1.29, 1.82) is 0 Å². The molecule has 1 rings (SSSR count). The first-order valence-corrected chi connectivity index (χ1v) is 4.51. The molecule has 0 saturated carbocycles. The Morgan fingerprint density at radius 1 is 1.43 bits per heavy atom. The molecule has 0 aliphatic carbocycles. The maximum absolute atomic E-state index is 11.0. The Morgan fingerprint density at radius 2 is 2.00 bits per heavy atom. The molecule has 0 aliphatic rings. The second kappa shape index (κ2) is 6.40. The molecule has 6 heteroatoms. The monoisotopic (exact) mass is 288 g/mol. The van der Waals surface area contributed by atoms with Crippen molar-refractivity contribution < 1.29 is 51.0 Å². The van der Waals surface area contributed by atoms with E-state index in [2.05, 4.69) is 4.74 Å². The first-order valence-electron chi connectivity index (χ1n) is 3.43. The van der Waals surface area contributed by atoms with Gasteiger partial charge in [0, 0.05) is 37.6 Å². The zero-order valence-corrected chi connectivity index (χ0v) is 11.1. The van der Waals surface area contributed by atoms with Crippen LogP contribution < -0.4 is 0 Å². The van der Waals surface area contributed by atoms with Crippen molar-refractivity contribution >= 4 is 17.0 Å². The molecule has 0 bridgehead atoms. The minimum atomic E-state index is -2.41. The van der Waals surface area contributed by atoms with E-state index in [4.69, 9.17) is 0 Å². The summed E-state index contributed by atoms with van der Waals surface area (Å²) in [5.74, 6) is -0.653. The van der Waals surface area contributed by atoms with Gasteiger partial charge < -0.3 is 9.29 Å². The summed E-state index contributed by atoms with van der Waals surface area (Å²) in [6.07, 6.45) is 0. The molecule has 1 radical (unpaired) electrons. The van der Waals surface area contributed by atoms with Crippen LogP contribution in [0.25, 0.3) is 0 Å². The smallest absolute Gasteiger partial charge is 0.339 e. The zero-order valence-electron chi connectivity index (χ0n) is 7.43. The average molecular weight is 288 g/mol. The Kier molecular flexibility index (Phi) is 6.36. The number of benzene rings is 1.